The van der Waals surface area contributed by atoms with Crippen LogP contribution >= 0.6 is 11.6 Å². The van der Waals surface area contributed by atoms with Crippen LogP contribution in [0.3, 0.4) is 0 Å². The van der Waals surface area contributed by atoms with Crippen molar-refractivity contribution >= 4 is 17.6 Å². The summed E-state index contributed by atoms with van der Waals surface area (Å²) in [5, 5.41) is 9.50. The number of carbonyl (C=O) groups excluding carboxylic acids is 1. The number of methoxy groups -OCH3 is 1. The summed E-state index contributed by atoms with van der Waals surface area (Å²) in [6.07, 6.45) is -1.29. The van der Waals surface area contributed by atoms with Gasteiger partial charge in [0.1, 0.15) is 5.82 Å². The molecule has 1 aromatic carbocycles. The zero-order chi connectivity index (χ0) is 11.4. The van der Waals surface area contributed by atoms with Crippen molar-refractivity contribution in [2.24, 2.45) is 0 Å². The maximum atomic E-state index is 13.0. The van der Waals surface area contributed by atoms with Crippen molar-refractivity contribution in [1.82, 2.24) is 0 Å². The van der Waals surface area contributed by atoms with E-state index in [1.807, 2.05) is 0 Å². The monoisotopic (exact) mass is 232 g/mol. The van der Waals surface area contributed by atoms with E-state index in [0.717, 1.165) is 6.07 Å². The minimum absolute atomic E-state index is 0.0241. The van der Waals surface area contributed by atoms with Crippen molar-refractivity contribution < 1.29 is 19.0 Å². The summed E-state index contributed by atoms with van der Waals surface area (Å²) in [7, 11) is 1.22. The number of esters is 1. The van der Waals surface area contributed by atoms with E-state index < -0.39 is 17.9 Å². The first-order chi connectivity index (χ1) is 7.04. The van der Waals surface area contributed by atoms with E-state index in [2.05, 4.69) is 4.74 Å². The first kappa shape index (κ1) is 11.9. The third kappa shape index (κ3) is 3.18. The molecule has 1 aromatic rings. The first-order valence-electron chi connectivity index (χ1n) is 4.24. The van der Waals surface area contributed by atoms with Gasteiger partial charge >= 0.3 is 5.97 Å². The molecule has 0 saturated carbocycles. The maximum absolute atomic E-state index is 13.0. The summed E-state index contributed by atoms with van der Waals surface area (Å²) < 4.78 is 17.4. The highest BCUT2D eigenvalue weighted by atomic mass is 35.5. The third-order valence-corrected chi connectivity index (χ3v) is 2.22. The fourth-order valence-electron chi connectivity index (χ4n) is 1.08. The van der Waals surface area contributed by atoms with E-state index in [1.165, 1.54) is 19.2 Å². The molecular formula is C10H10ClFO3. The average Bonchev–Trinajstić information content (AvgIpc) is 2.21. The second-order valence-corrected chi connectivity index (χ2v) is 3.38. The summed E-state index contributed by atoms with van der Waals surface area (Å²) in [4.78, 5) is 10.8. The highest BCUT2D eigenvalue weighted by molar-refractivity contribution is 6.30. The van der Waals surface area contributed by atoms with Gasteiger partial charge in [0.05, 0.1) is 24.7 Å². The number of aliphatic hydroxyl groups is 1. The number of hydrogen-bond donors (Lipinski definition) is 1. The molecule has 0 saturated heterocycles. The summed E-state index contributed by atoms with van der Waals surface area (Å²) >= 11 is 5.47. The fourth-order valence-corrected chi connectivity index (χ4v) is 1.20. The summed E-state index contributed by atoms with van der Waals surface area (Å²) in [5.41, 5.74) is 0.294. The van der Waals surface area contributed by atoms with Crippen LogP contribution in [0.15, 0.2) is 18.2 Å². The molecule has 82 valence electrons. The SMILES string of the molecule is COC(=O)CC(O)c1ccc(Cl)c(F)c1. The predicted octanol–water partition coefficient (Wildman–Crippen LogP) is 2.08. The molecule has 1 unspecified atom stereocenters. The van der Waals surface area contributed by atoms with E-state index in [0.29, 0.717) is 5.56 Å². The fraction of sp³-hybridized carbons (Fsp3) is 0.300. The molecule has 0 fully saturated rings. The van der Waals surface area contributed by atoms with Gasteiger partial charge in [0.15, 0.2) is 0 Å². The number of aliphatic hydroxyl groups excluding tert-OH is 1. The van der Waals surface area contributed by atoms with Gasteiger partial charge < -0.3 is 9.84 Å². The minimum atomic E-state index is -1.08. The van der Waals surface area contributed by atoms with Gasteiger partial charge in [-0.25, -0.2) is 4.39 Å². The molecule has 1 rings (SSSR count). The van der Waals surface area contributed by atoms with Crippen LogP contribution in [0.4, 0.5) is 4.39 Å². The van der Waals surface area contributed by atoms with Crippen LogP contribution in [0.2, 0.25) is 5.02 Å². The van der Waals surface area contributed by atoms with Crippen LogP contribution < -0.4 is 0 Å². The van der Waals surface area contributed by atoms with Gasteiger partial charge in [-0.15, -0.1) is 0 Å². The lowest BCUT2D eigenvalue weighted by atomic mass is 10.1. The molecule has 5 heteroatoms. The quantitative estimate of drug-likeness (QED) is 0.812. The van der Waals surface area contributed by atoms with Crippen molar-refractivity contribution in [3.05, 3.63) is 34.6 Å². The largest absolute Gasteiger partial charge is 0.469 e. The van der Waals surface area contributed by atoms with E-state index in [1.54, 1.807) is 0 Å². The third-order valence-electron chi connectivity index (χ3n) is 1.92. The van der Waals surface area contributed by atoms with Crippen LogP contribution in [-0.4, -0.2) is 18.2 Å². The molecule has 0 aliphatic rings. The smallest absolute Gasteiger partial charge is 0.308 e. The van der Waals surface area contributed by atoms with Gasteiger partial charge in [-0.2, -0.15) is 0 Å². The number of ether oxygens (including phenoxy) is 1. The Bertz CT molecular complexity index is 368. The number of benzene rings is 1. The van der Waals surface area contributed by atoms with Gasteiger partial charge in [-0.1, -0.05) is 17.7 Å². The van der Waals surface area contributed by atoms with Gasteiger partial charge in [-0.3, -0.25) is 4.79 Å². The average molecular weight is 233 g/mol. The molecule has 0 aliphatic carbocycles. The molecule has 1 atom stereocenters. The summed E-state index contributed by atoms with van der Waals surface area (Å²) in [5.74, 6) is -1.18. The van der Waals surface area contributed by atoms with Crippen molar-refractivity contribution in [1.29, 1.82) is 0 Å². The van der Waals surface area contributed by atoms with Crippen LogP contribution in [0.5, 0.6) is 0 Å². The van der Waals surface area contributed by atoms with Crippen molar-refractivity contribution in [3.8, 4) is 0 Å². The zero-order valence-electron chi connectivity index (χ0n) is 8.04. The van der Waals surface area contributed by atoms with E-state index in [4.69, 9.17) is 11.6 Å². The van der Waals surface area contributed by atoms with Crippen LogP contribution in [-0.2, 0) is 9.53 Å². The molecule has 0 spiro atoms. The summed E-state index contributed by atoms with van der Waals surface area (Å²) in [6.45, 7) is 0. The molecule has 1 N–H and O–H groups in total. The Labute approximate surface area is 91.4 Å². The number of rotatable bonds is 3. The first-order valence-corrected chi connectivity index (χ1v) is 4.62. The Kier molecular flexibility index (Phi) is 4.05. The Balaban J connectivity index is 2.78. The lowest BCUT2D eigenvalue weighted by Crippen LogP contribution is -2.08. The number of halogens is 2. The van der Waals surface area contributed by atoms with Crippen molar-refractivity contribution in [2.45, 2.75) is 12.5 Å². The Morgan fingerprint density at radius 1 is 1.67 bits per heavy atom. The molecule has 0 aromatic heterocycles. The molecule has 0 aliphatic heterocycles. The standard InChI is InChI=1S/C10H10ClFO3/c1-15-10(14)5-9(13)6-2-3-7(11)8(12)4-6/h2-4,9,13H,5H2,1H3. The van der Waals surface area contributed by atoms with Crippen LogP contribution in [0.25, 0.3) is 0 Å². The molecule has 15 heavy (non-hydrogen) atoms. The molecule has 3 nitrogen and oxygen atoms in total. The second kappa shape index (κ2) is 5.09. The highest BCUT2D eigenvalue weighted by Gasteiger charge is 2.14. The maximum Gasteiger partial charge on any atom is 0.308 e. The lowest BCUT2D eigenvalue weighted by molar-refractivity contribution is -0.142. The Morgan fingerprint density at radius 3 is 2.87 bits per heavy atom. The molecule has 0 heterocycles. The molecular weight excluding hydrogens is 223 g/mol. The Morgan fingerprint density at radius 2 is 2.33 bits per heavy atom. The van der Waals surface area contributed by atoms with Gasteiger partial charge in [0, 0.05) is 0 Å². The van der Waals surface area contributed by atoms with Crippen LogP contribution in [0, 0.1) is 5.82 Å². The molecule has 0 amide bonds. The van der Waals surface area contributed by atoms with E-state index in [-0.39, 0.29) is 11.4 Å². The Hall–Kier alpha value is -1.13. The minimum Gasteiger partial charge on any atom is -0.469 e. The lowest BCUT2D eigenvalue weighted by Gasteiger charge is -2.09. The zero-order valence-corrected chi connectivity index (χ0v) is 8.79. The predicted molar refractivity (Wildman–Crippen MR) is 53.0 cm³/mol. The van der Waals surface area contributed by atoms with Gasteiger partial charge in [0.25, 0.3) is 0 Å². The van der Waals surface area contributed by atoms with Crippen molar-refractivity contribution in [2.75, 3.05) is 7.11 Å². The second-order valence-electron chi connectivity index (χ2n) is 2.97. The van der Waals surface area contributed by atoms with Gasteiger partial charge in [-0.05, 0) is 17.7 Å². The summed E-state index contributed by atoms with van der Waals surface area (Å²) in [6, 6.07) is 3.88. The normalized spacial score (nSPS) is 12.3. The van der Waals surface area contributed by atoms with Crippen LogP contribution in [0.1, 0.15) is 18.1 Å². The highest BCUT2D eigenvalue weighted by Crippen LogP contribution is 2.22. The molecule has 0 radical (unpaired) electrons. The van der Waals surface area contributed by atoms with E-state index >= 15 is 0 Å². The number of hydrogen-bond acceptors (Lipinski definition) is 3. The van der Waals surface area contributed by atoms with Crippen molar-refractivity contribution in [3.63, 3.8) is 0 Å². The topological polar surface area (TPSA) is 46.5 Å². The van der Waals surface area contributed by atoms with E-state index in [9.17, 15) is 14.3 Å². The molecule has 0 bridgehead atoms. The number of carbonyl (C=O) groups is 1. The van der Waals surface area contributed by atoms with Gasteiger partial charge in [0.2, 0.25) is 0 Å².